The molecular formula is C26H42Cl2N2. The molecule has 0 spiro atoms. The van der Waals surface area contributed by atoms with E-state index in [4.69, 9.17) is 0 Å². The van der Waals surface area contributed by atoms with Gasteiger partial charge in [-0.15, -0.1) is 24.8 Å². The fourth-order valence-electron chi connectivity index (χ4n) is 4.75. The Balaban J connectivity index is 0.00000225. The van der Waals surface area contributed by atoms with Gasteiger partial charge in [-0.05, 0) is 126 Å². The maximum absolute atomic E-state index is 2.45. The lowest BCUT2D eigenvalue weighted by molar-refractivity contribution is 0.391. The van der Waals surface area contributed by atoms with Gasteiger partial charge in [0.15, 0.2) is 0 Å². The van der Waals surface area contributed by atoms with Crippen LogP contribution in [0.3, 0.4) is 0 Å². The first-order valence-electron chi connectivity index (χ1n) is 11.4. The van der Waals surface area contributed by atoms with Gasteiger partial charge in [-0.25, -0.2) is 0 Å². The van der Waals surface area contributed by atoms with Crippen LogP contribution < -0.4 is 0 Å². The summed E-state index contributed by atoms with van der Waals surface area (Å²) in [5.74, 6) is 0. The fourth-order valence-corrected chi connectivity index (χ4v) is 4.75. The summed E-state index contributed by atoms with van der Waals surface area (Å²) in [7, 11) is 8.68. The van der Waals surface area contributed by atoms with Crippen LogP contribution in [0.4, 0.5) is 0 Å². The molecule has 4 heteroatoms. The van der Waals surface area contributed by atoms with Gasteiger partial charge in [0.25, 0.3) is 0 Å². The van der Waals surface area contributed by atoms with Gasteiger partial charge < -0.3 is 9.80 Å². The molecule has 0 amide bonds. The number of hydrogen-bond donors (Lipinski definition) is 0. The molecule has 170 valence electrons. The summed E-state index contributed by atoms with van der Waals surface area (Å²) in [6.45, 7) is 2.42. The molecule has 0 saturated carbocycles. The zero-order chi connectivity index (χ0) is 19.9. The van der Waals surface area contributed by atoms with Crippen LogP contribution in [-0.4, -0.2) is 51.1 Å². The second-order valence-corrected chi connectivity index (χ2v) is 9.24. The molecule has 0 aliphatic heterocycles. The molecule has 0 bridgehead atoms. The summed E-state index contributed by atoms with van der Waals surface area (Å²) in [4.78, 5) is 4.59. The second-order valence-electron chi connectivity index (χ2n) is 9.24. The normalized spacial score (nSPS) is 12.5. The molecule has 0 fully saturated rings. The van der Waals surface area contributed by atoms with Crippen molar-refractivity contribution in [2.75, 3.05) is 41.3 Å². The Kier molecular flexibility index (Phi) is 12.3. The van der Waals surface area contributed by atoms with Gasteiger partial charge in [-0.2, -0.15) is 0 Å². The SMILES string of the molecule is CN(C)CCCCCc1ccc2c(CCCCCN(C)C)ccc3c2c1CC3.Cl.Cl. The minimum atomic E-state index is 0. The highest BCUT2D eigenvalue weighted by molar-refractivity contribution is 5.94. The quantitative estimate of drug-likeness (QED) is 0.347. The van der Waals surface area contributed by atoms with Crippen LogP contribution in [-0.2, 0) is 25.7 Å². The van der Waals surface area contributed by atoms with E-state index < -0.39 is 0 Å². The molecule has 0 heterocycles. The predicted molar refractivity (Wildman–Crippen MR) is 138 cm³/mol. The van der Waals surface area contributed by atoms with Crippen molar-refractivity contribution in [3.63, 3.8) is 0 Å². The third-order valence-corrected chi connectivity index (χ3v) is 6.31. The molecular weight excluding hydrogens is 411 g/mol. The summed E-state index contributed by atoms with van der Waals surface area (Å²) in [5, 5.41) is 3.17. The Morgan fingerprint density at radius 1 is 0.633 bits per heavy atom. The third-order valence-electron chi connectivity index (χ3n) is 6.31. The molecule has 30 heavy (non-hydrogen) atoms. The molecule has 0 aromatic heterocycles. The highest BCUT2D eigenvalue weighted by Gasteiger charge is 2.19. The van der Waals surface area contributed by atoms with E-state index in [1.54, 1.807) is 33.0 Å². The van der Waals surface area contributed by atoms with Crippen LogP contribution in [0.2, 0.25) is 0 Å². The van der Waals surface area contributed by atoms with Crippen molar-refractivity contribution >= 4 is 35.6 Å². The number of benzene rings is 2. The van der Waals surface area contributed by atoms with Crippen LogP contribution in [0.15, 0.2) is 24.3 Å². The van der Waals surface area contributed by atoms with Crippen molar-refractivity contribution in [1.82, 2.24) is 9.80 Å². The molecule has 0 N–H and O–H groups in total. The molecule has 3 rings (SSSR count). The molecule has 0 unspecified atom stereocenters. The Morgan fingerprint density at radius 2 is 1.20 bits per heavy atom. The molecule has 0 saturated heterocycles. The smallest absolute Gasteiger partial charge is 0.00248 e. The van der Waals surface area contributed by atoms with Gasteiger partial charge in [0, 0.05) is 0 Å². The van der Waals surface area contributed by atoms with E-state index in [2.05, 4.69) is 62.3 Å². The first-order valence-corrected chi connectivity index (χ1v) is 11.4. The monoisotopic (exact) mass is 452 g/mol. The standard InChI is InChI=1S/C26H40N2.2ClH/c1-27(2)19-9-5-7-11-21-13-14-23-16-18-25-22(15-17-24(21)26(23)25)12-8-6-10-20-28(3)4;;/h13-15,17H,5-12,16,18-20H2,1-4H3;2*1H. The minimum absolute atomic E-state index is 0. The molecule has 0 radical (unpaired) electrons. The van der Waals surface area contributed by atoms with E-state index >= 15 is 0 Å². The molecule has 0 atom stereocenters. The van der Waals surface area contributed by atoms with Crippen LogP contribution in [0.5, 0.6) is 0 Å². The van der Waals surface area contributed by atoms with Gasteiger partial charge in [0.05, 0.1) is 0 Å². The predicted octanol–water partition coefficient (Wildman–Crippen LogP) is 6.33. The molecule has 1 aliphatic carbocycles. The van der Waals surface area contributed by atoms with Crippen molar-refractivity contribution in [1.29, 1.82) is 0 Å². The fraction of sp³-hybridized carbons (Fsp3) is 0.615. The first-order chi connectivity index (χ1) is 13.6. The number of rotatable bonds is 12. The van der Waals surface area contributed by atoms with Gasteiger partial charge in [-0.1, -0.05) is 37.1 Å². The lowest BCUT2D eigenvalue weighted by atomic mass is 9.92. The average Bonchev–Trinajstić information content (AvgIpc) is 3.09. The zero-order valence-corrected chi connectivity index (χ0v) is 21.1. The van der Waals surface area contributed by atoms with Crippen LogP contribution in [0.25, 0.3) is 10.8 Å². The Labute approximate surface area is 197 Å². The van der Waals surface area contributed by atoms with Crippen molar-refractivity contribution < 1.29 is 0 Å². The van der Waals surface area contributed by atoms with E-state index in [9.17, 15) is 0 Å². The second kappa shape index (κ2) is 13.6. The number of aryl methyl sites for hydroxylation is 4. The first kappa shape index (κ1) is 27.2. The maximum atomic E-state index is 2.45. The molecule has 2 aromatic carbocycles. The summed E-state index contributed by atoms with van der Waals surface area (Å²) in [6.07, 6.45) is 12.9. The number of nitrogens with zero attached hydrogens (tertiary/aromatic N) is 2. The van der Waals surface area contributed by atoms with Crippen molar-refractivity contribution in [3.8, 4) is 0 Å². The van der Waals surface area contributed by atoms with Gasteiger partial charge >= 0.3 is 0 Å². The highest BCUT2D eigenvalue weighted by Crippen LogP contribution is 2.36. The van der Waals surface area contributed by atoms with Gasteiger partial charge in [-0.3, -0.25) is 0 Å². The summed E-state index contributed by atoms with van der Waals surface area (Å²) >= 11 is 0. The topological polar surface area (TPSA) is 6.48 Å². The Hall–Kier alpha value is -0.800. The largest absolute Gasteiger partial charge is 0.309 e. The lowest BCUT2D eigenvalue weighted by Crippen LogP contribution is -2.12. The highest BCUT2D eigenvalue weighted by atomic mass is 35.5. The molecule has 2 nitrogen and oxygen atoms in total. The molecule has 1 aliphatic rings. The minimum Gasteiger partial charge on any atom is -0.309 e. The van der Waals surface area contributed by atoms with E-state index in [0.717, 1.165) is 0 Å². The van der Waals surface area contributed by atoms with E-state index in [0.29, 0.717) is 0 Å². The average molecular weight is 454 g/mol. The number of halogens is 2. The Morgan fingerprint density at radius 3 is 1.80 bits per heavy atom. The van der Waals surface area contributed by atoms with Gasteiger partial charge in [0.1, 0.15) is 0 Å². The molecule has 2 aromatic rings. The Bertz CT molecular complexity index is 771. The van der Waals surface area contributed by atoms with Crippen molar-refractivity contribution in [2.45, 2.75) is 64.2 Å². The van der Waals surface area contributed by atoms with E-state index in [1.165, 1.54) is 77.3 Å². The maximum Gasteiger partial charge on any atom is -0.00248 e. The van der Waals surface area contributed by atoms with Crippen LogP contribution >= 0.6 is 24.8 Å². The van der Waals surface area contributed by atoms with Crippen LogP contribution in [0.1, 0.15) is 60.8 Å². The number of unbranched alkanes of at least 4 members (excludes halogenated alkanes) is 4. The van der Waals surface area contributed by atoms with Crippen LogP contribution in [0, 0.1) is 0 Å². The van der Waals surface area contributed by atoms with E-state index in [-0.39, 0.29) is 24.8 Å². The van der Waals surface area contributed by atoms with Gasteiger partial charge in [0.2, 0.25) is 0 Å². The number of hydrogen-bond acceptors (Lipinski definition) is 2. The van der Waals surface area contributed by atoms with Crippen molar-refractivity contribution in [2.24, 2.45) is 0 Å². The van der Waals surface area contributed by atoms with E-state index in [1.807, 2.05) is 0 Å². The zero-order valence-electron chi connectivity index (χ0n) is 19.5. The summed E-state index contributed by atoms with van der Waals surface area (Å²) in [6, 6.07) is 9.74. The summed E-state index contributed by atoms with van der Waals surface area (Å²) < 4.78 is 0. The van der Waals surface area contributed by atoms with Crippen molar-refractivity contribution in [3.05, 3.63) is 46.5 Å². The summed E-state index contributed by atoms with van der Waals surface area (Å²) in [5.41, 5.74) is 6.47. The third kappa shape index (κ3) is 7.41. The lowest BCUT2D eigenvalue weighted by Gasteiger charge is -2.13.